The standard InChI is InChI=1S/C11H13F6N3O/c1-6-7(5-19-20-6)3-2-4-18-9(21)8(10(12,13)14)11(15,16)17/h5,8H,2-4H2,1H3,(H,18,21)(H,19,20). The summed E-state index contributed by atoms with van der Waals surface area (Å²) in [5.41, 5.74) is 1.54. The smallest absolute Gasteiger partial charge is 0.355 e. The van der Waals surface area contributed by atoms with Gasteiger partial charge in [0.25, 0.3) is 0 Å². The van der Waals surface area contributed by atoms with Crippen LogP contribution in [-0.2, 0) is 11.2 Å². The van der Waals surface area contributed by atoms with Gasteiger partial charge in [-0.05, 0) is 25.3 Å². The summed E-state index contributed by atoms with van der Waals surface area (Å²) in [5.74, 6) is -6.08. The number of hydrogen-bond donors (Lipinski definition) is 2. The van der Waals surface area contributed by atoms with E-state index >= 15 is 0 Å². The number of hydrogen-bond acceptors (Lipinski definition) is 2. The van der Waals surface area contributed by atoms with Gasteiger partial charge in [0, 0.05) is 12.2 Å². The number of rotatable bonds is 5. The third kappa shape index (κ3) is 4.94. The van der Waals surface area contributed by atoms with E-state index in [0.717, 1.165) is 11.3 Å². The minimum atomic E-state index is -5.66. The number of aromatic amines is 1. The second kappa shape index (κ2) is 6.35. The van der Waals surface area contributed by atoms with Crippen LogP contribution in [0.1, 0.15) is 17.7 Å². The topological polar surface area (TPSA) is 57.8 Å². The normalized spacial score (nSPS) is 12.8. The van der Waals surface area contributed by atoms with Crippen molar-refractivity contribution in [3.05, 3.63) is 17.5 Å². The number of nitrogens with zero attached hydrogens (tertiary/aromatic N) is 1. The van der Waals surface area contributed by atoms with Crippen LogP contribution in [0.4, 0.5) is 26.3 Å². The molecule has 1 aromatic heterocycles. The van der Waals surface area contributed by atoms with Crippen molar-refractivity contribution in [3.8, 4) is 0 Å². The molecule has 0 aliphatic heterocycles. The number of alkyl halides is 6. The number of carbonyl (C=O) groups is 1. The fraction of sp³-hybridized carbons (Fsp3) is 0.636. The van der Waals surface area contributed by atoms with Crippen molar-refractivity contribution in [2.45, 2.75) is 32.1 Å². The molecule has 0 bridgehead atoms. The molecule has 120 valence electrons. The first-order valence-corrected chi connectivity index (χ1v) is 5.93. The first-order chi connectivity index (χ1) is 9.53. The van der Waals surface area contributed by atoms with E-state index in [2.05, 4.69) is 10.2 Å². The van der Waals surface area contributed by atoms with Gasteiger partial charge in [-0.1, -0.05) is 0 Å². The average molecular weight is 317 g/mol. The molecule has 1 rings (SSSR count). The Morgan fingerprint density at radius 3 is 2.29 bits per heavy atom. The Kier molecular flexibility index (Phi) is 5.24. The molecule has 0 radical (unpaired) electrons. The van der Waals surface area contributed by atoms with Gasteiger partial charge in [-0.15, -0.1) is 0 Å². The highest BCUT2D eigenvalue weighted by molar-refractivity contribution is 5.80. The maximum atomic E-state index is 12.3. The van der Waals surface area contributed by atoms with E-state index in [-0.39, 0.29) is 13.0 Å². The second-order valence-corrected chi connectivity index (χ2v) is 4.43. The van der Waals surface area contributed by atoms with Crippen molar-refractivity contribution in [2.24, 2.45) is 5.92 Å². The summed E-state index contributed by atoms with van der Waals surface area (Å²) in [6.45, 7) is 1.44. The zero-order valence-electron chi connectivity index (χ0n) is 10.9. The maximum absolute atomic E-state index is 12.3. The number of aryl methyl sites for hydroxylation is 2. The average Bonchev–Trinajstić information content (AvgIpc) is 2.66. The molecule has 1 amide bonds. The van der Waals surface area contributed by atoms with Gasteiger partial charge in [0.15, 0.2) is 0 Å². The number of halogens is 6. The molecule has 0 aliphatic rings. The molecule has 0 saturated heterocycles. The predicted octanol–water partition coefficient (Wildman–Crippen LogP) is 2.51. The Hall–Kier alpha value is -1.74. The van der Waals surface area contributed by atoms with Crippen LogP contribution in [0.15, 0.2) is 6.20 Å². The van der Waals surface area contributed by atoms with Crippen LogP contribution in [0.25, 0.3) is 0 Å². The summed E-state index contributed by atoms with van der Waals surface area (Å²) in [6, 6.07) is 0. The molecule has 1 heterocycles. The van der Waals surface area contributed by atoms with Gasteiger partial charge in [-0.3, -0.25) is 9.89 Å². The van der Waals surface area contributed by atoms with Gasteiger partial charge in [0.1, 0.15) is 0 Å². The van der Waals surface area contributed by atoms with Crippen molar-refractivity contribution < 1.29 is 31.1 Å². The van der Waals surface area contributed by atoms with Gasteiger partial charge in [0.05, 0.1) is 6.20 Å². The summed E-state index contributed by atoms with van der Waals surface area (Å²) in [5, 5.41) is 8.03. The van der Waals surface area contributed by atoms with Gasteiger partial charge >= 0.3 is 12.4 Å². The largest absolute Gasteiger partial charge is 0.409 e. The van der Waals surface area contributed by atoms with Gasteiger partial charge in [-0.25, -0.2) is 0 Å². The van der Waals surface area contributed by atoms with Gasteiger partial charge in [-0.2, -0.15) is 31.4 Å². The molecule has 0 atom stereocenters. The van der Waals surface area contributed by atoms with Crippen molar-refractivity contribution in [1.82, 2.24) is 15.5 Å². The first-order valence-electron chi connectivity index (χ1n) is 5.93. The molecule has 0 aliphatic carbocycles. The van der Waals surface area contributed by atoms with E-state index in [1.54, 1.807) is 12.2 Å². The third-order valence-electron chi connectivity index (χ3n) is 2.77. The molecule has 0 spiro atoms. The quantitative estimate of drug-likeness (QED) is 0.647. The Bertz CT molecular complexity index is 465. The summed E-state index contributed by atoms with van der Waals surface area (Å²) >= 11 is 0. The fourth-order valence-electron chi connectivity index (χ4n) is 1.70. The Morgan fingerprint density at radius 1 is 1.29 bits per heavy atom. The minimum Gasteiger partial charge on any atom is -0.355 e. The number of nitrogens with one attached hydrogen (secondary N) is 2. The lowest BCUT2D eigenvalue weighted by atomic mass is 10.1. The SMILES string of the molecule is Cc1[nH]ncc1CCCNC(=O)C(C(F)(F)F)C(F)(F)F. The minimum absolute atomic E-state index is 0.203. The van der Waals surface area contributed by atoms with Crippen LogP contribution < -0.4 is 5.32 Å². The van der Waals surface area contributed by atoms with Gasteiger partial charge < -0.3 is 5.32 Å². The number of H-pyrrole nitrogens is 1. The van der Waals surface area contributed by atoms with E-state index in [1.165, 1.54) is 6.20 Å². The van der Waals surface area contributed by atoms with Crippen LogP contribution in [0.2, 0.25) is 0 Å². The second-order valence-electron chi connectivity index (χ2n) is 4.43. The first kappa shape index (κ1) is 17.3. The molecule has 0 aromatic carbocycles. The molecule has 10 heteroatoms. The van der Waals surface area contributed by atoms with E-state index < -0.39 is 24.2 Å². The van der Waals surface area contributed by atoms with Crippen LogP contribution in [0.3, 0.4) is 0 Å². The summed E-state index contributed by atoms with van der Waals surface area (Å²) in [4.78, 5) is 11.1. The number of aromatic nitrogens is 2. The highest BCUT2D eigenvalue weighted by Crippen LogP contribution is 2.39. The Labute approximate surface area is 115 Å². The Balaban J connectivity index is 2.50. The van der Waals surface area contributed by atoms with Crippen LogP contribution in [0.5, 0.6) is 0 Å². The maximum Gasteiger partial charge on any atom is 0.409 e. The zero-order valence-corrected chi connectivity index (χ0v) is 10.9. The predicted molar refractivity (Wildman–Crippen MR) is 60.3 cm³/mol. The van der Waals surface area contributed by atoms with Crippen molar-refractivity contribution >= 4 is 5.91 Å². The van der Waals surface area contributed by atoms with Crippen molar-refractivity contribution in [2.75, 3.05) is 6.54 Å². The summed E-state index contributed by atoms with van der Waals surface area (Å²) in [7, 11) is 0. The number of amides is 1. The lowest BCUT2D eigenvalue weighted by Gasteiger charge is -2.22. The molecule has 1 aromatic rings. The molecule has 21 heavy (non-hydrogen) atoms. The molecule has 4 nitrogen and oxygen atoms in total. The molecule has 0 fully saturated rings. The molecular formula is C11H13F6N3O. The monoisotopic (exact) mass is 317 g/mol. The van der Waals surface area contributed by atoms with Crippen LogP contribution in [-0.4, -0.2) is 35.0 Å². The van der Waals surface area contributed by atoms with Crippen molar-refractivity contribution in [3.63, 3.8) is 0 Å². The Morgan fingerprint density at radius 2 is 1.86 bits per heavy atom. The van der Waals surface area contributed by atoms with Crippen molar-refractivity contribution in [1.29, 1.82) is 0 Å². The highest BCUT2D eigenvalue weighted by Gasteiger charge is 2.60. The van der Waals surface area contributed by atoms with E-state index in [0.29, 0.717) is 6.42 Å². The zero-order chi connectivity index (χ0) is 16.3. The summed E-state index contributed by atoms with van der Waals surface area (Å²) in [6.07, 6.45) is -9.24. The van der Waals surface area contributed by atoms with E-state index in [9.17, 15) is 31.1 Å². The van der Waals surface area contributed by atoms with E-state index in [1.807, 2.05) is 0 Å². The summed E-state index contributed by atoms with van der Waals surface area (Å²) < 4.78 is 73.6. The van der Waals surface area contributed by atoms with Gasteiger partial charge in [0.2, 0.25) is 11.8 Å². The van der Waals surface area contributed by atoms with Crippen LogP contribution in [0, 0.1) is 12.8 Å². The molecule has 0 saturated carbocycles. The van der Waals surface area contributed by atoms with E-state index in [4.69, 9.17) is 0 Å². The fourth-order valence-corrected chi connectivity index (χ4v) is 1.70. The lowest BCUT2D eigenvalue weighted by Crippen LogP contribution is -2.48. The molecular weight excluding hydrogens is 304 g/mol. The lowest BCUT2D eigenvalue weighted by molar-refractivity contribution is -0.274. The highest BCUT2D eigenvalue weighted by atomic mass is 19.4. The van der Waals surface area contributed by atoms with Crippen LogP contribution >= 0.6 is 0 Å². The third-order valence-corrected chi connectivity index (χ3v) is 2.77. The molecule has 0 unspecified atom stereocenters. The number of carbonyl (C=O) groups excluding carboxylic acids is 1. The molecule has 2 N–H and O–H groups in total.